The van der Waals surface area contributed by atoms with Crippen LogP contribution in [0, 0.1) is 6.92 Å². The molecule has 1 aliphatic rings. The van der Waals surface area contributed by atoms with Gasteiger partial charge in [-0.25, -0.2) is 8.42 Å². The molecule has 0 saturated heterocycles. The number of sulfone groups is 1. The van der Waals surface area contributed by atoms with Gasteiger partial charge in [-0.2, -0.15) is 0 Å². The van der Waals surface area contributed by atoms with E-state index in [4.69, 9.17) is 9.47 Å². The van der Waals surface area contributed by atoms with Crippen molar-refractivity contribution < 1.29 is 27.8 Å². The van der Waals surface area contributed by atoms with Crippen LogP contribution in [0.5, 0.6) is 11.5 Å². The minimum absolute atomic E-state index is 0.00851. The highest BCUT2D eigenvalue weighted by molar-refractivity contribution is 7.95. The lowest BCUT2D eigenvalue weighted by atomic mass is 10.1. The van der Waals surface area contributed by atoms with Gasteiger partial charge < -0.3 is 19.5 Å². The monoisotopic (exact) mass is 479 g/mol. The summed E-state index contributed by atoms with van der Waals surface area (Å²) in [5, 5.41) is 10.9. The Morgan fingerprint density at radius 2 is 1.56 bits per heavy atom. The zero-order valence-corrected chi connectivity index (χ0v) is 19.9. The first-order chi connectivity index (χ1) is 16.3. The van der Waals surface area contributed by atoms with Gasteiger partial charge in [-0.15, -0.1) is 0 Å². The molecule has 176 valence electrons. The Bertz CT molecular complexity index is 1340. The van der Waals surface area contributed by atoms with E-state index in [-0.39, 0.29) is 16.3 Å². The molecule has 3 aromatic rings. The summed E-state index contributed by atoms with van der Waals surface area (Å²) in [6.07, 6.45) is 0. The number of hydrogen-bond donors (Lipinski definition) is 1. The zero-order chi connectivity index (χ0) is 24.5. The molecule has 3 aromatic carbocycles. The number of ether oxygens (including phenoxy) is 2. The first-order valence-electron chi connectivity index (χ1n) is 10.6. The van der Waals surface area contributed by atoms with E-state index >= 15 is 0 Å². The number of methoxy groups -OCH3 is 2. The number of carbonyl (C=O) groups excluding carboxylic acids is 1. The van der Waals surface area contributed by atoms with Gasteiger partial charge in [-0.1, -0.05) is 42.0 Å². The number of hydrogen-bond acceptors (Lipinski definition) is 6. The van der Waals surface area contributed by atoms with Crippen LogP contribution in [0.2, 0.25) is 0 Å². The molecule has 1 N–H and O–H groups in total. The second-order valence-corrected chi connectivity index (χ2v) is 9.91. The summed E-state index contributed by atoms with van der Waals surface area (Å²) in [6.45, 7) is 1.92. The van der Waals surface area contributed by atoms with E-state index in [2.05, 4.69) is 0 Å². The molecule has 7 nitrogen and oxygen atoms in total. The van der Waals surface area contributed by atoms with E-state index in [1.54, 1.807) is 61.7 Å². The van der Waals surface area contributed by atoms with Crippen molar-refractivity contribution in [2.75, 3.05) is 14.2 Å². The number of amides is 1. The molecular weight excluding hydrogens is 454 g/mol. The third-order valence-electron chi connectivity index (χ3n) is 5.80. The highest BCUT2D eigenvalue weighted by Crippen LogP contribution is 2.43. The molecule has 8 heteroatoms. The summed E-state index contributed by atoms with van der Waals surface area (Å²) in [5.74, 6) is -0.336. The van der Waals surface area contributed by atoms with Crippen molar-refractivity contribution in [1.82, 2.24) is 4.90 Å². The van der Waals surface area contributed by atoms with Gasteiger partial charge in [0.25, 0.3) is 5.91 Å². The molecule has 4 rings (SSSR count). The fourth-order valence-corrected chi connectivity index (χ4v) is 5.64. The Labute approximate surface area is 198 Å². The van der Waals surface area contributed by atoms with Gasteiger partial charge in [-0.3, -0.25) is 4.79 Å². The van der Waals surface area contributed by atoms with E-state index in [9.17, 15) is 18.3 Å². The van der Waals surface area contributed by atoms with Crippen LogP contribution >= 0.6 is 0 Å². The molecule has 34 heavy (non-hydrogen) atoms. The number of aryl methyl sites for hydroxylation is 1. The maximum absolute atomic E-state index is 13.7. The van der Waals surface area contributed by atoms with Crippen molar-refractivity contribution in [3.63, 3.8) is 0 Å². The Hall–Kier alpha value is -3.78. The topological polar surface area (TPSA) is 93.1 Å². The van der Waals surface area contributed by atoms with Crippen LogP contribution in [-0.4, -0.2) is 38.6 Å². The number of carbonyl (C=O) groups is 1. The Balaban J connectivity index is 1.84. The average molecular weight is 480 g/mol. The first-order valence-corrected chi connectivity index (χ1v) is 12.1. The van der Waals surface area contributed by atoms with Crippen molar-refractivity contribution in [3.8, 4) is 11.5 Å². The van der Waals surface area contributed by atoms with E-state index < -0.39 is 27.5 Å². The molecular formula is C26H25NO6S. The van der Waals surface area contributed by atoms with Gasteiger partial charge in [0.1, 0.15) is 16.4 Å². The third-order valence-corrected chi connectivity index (χ3v) is 7.68. The fraction of sp³-hybridized carbons (Fsp3) is 0.192. The Kier molecular flexibility index (Phi) is 6.34. The summed E-state index contributed by atoms with van der Waals surface area (Å²) < 4.78 is 37.8. The van der Waals surface area contributed by atoms with Crippen molar-refractivity contribution in [2.24, 2.45) is 0 Å². The maximum atomic E-state index is 13.7. The molecule has 0 bridgehead atoms. The predicted molar refractivity (Wildman–Crippen MR) is 127 cm³/mol. The summed E-state index contributed by atoms with van der Waals surface area (Å²) >= 11 is 0. The van der Waals surface area contributed by atoms with Crippen LogP contribution in [0.15, 0.2) is 88.4 Å². The van der Waals surface area contributed by atoms with Gasteiger partial charge in [0.2, 0.25) is 9.84 Å². The average Bonchev–Trinajstić information content (AvgIpc) is 3.10. The van der Waals surface area contributed by atoms with Crippen molar-refractivity contribution >= 4 is 15.7 Å². The quantitative estimate of drug-likeness (QED) is 0.542. The van der Waals surface area contributed by atoms with E-state index in [1.165, 1.54) is 24.1 Å². The van der Waals surface area contributed by atoms with Crippen LogP contribution in [0.1, 0.15) is 22.7 Å². The lowest BCUT2D eigenvalue weighted by Gasteiger charge is -2.27. The van der Waals surface area contributed by atoms with Crippen LogP contribution in [0.25, 0.3) is 0 Å². The molecule has 0 fully saturated rings. The Morgan fingerprint density at radius 1 is 0.912 bits per heavy atom. The second kappa shape index (κ2) is 9.23. The fourth-order valence-electron chi connectivity index (χ4n) is 4.00. The lowest BCUT2D eigenvalue weighted by molar-refractivity contribution is -0.130. The SMILES string of the molecule is COc1ccc([C@H]2C(S(=O)(=O)c3ccc(C)cc3)=C(O)C(=O)N2Cc2cccc(OC)c2)cc1. The number of benzene rings is 3. The maximum Gasteiger partial charge on any atom is 0.290 e. The third kappa shape index (κ3) is 4.24. The van der Waals surface area contributed by atoms with Crippen LogP contribution in [0.4, 0.5) is 0 Å². The summed E-state index contributed by atoms with van der Waals surface area (Å²) in [7, 11) is -1.11. The summed E-state index contributed by atoms with van der Waals surface area (Å²) in [6, 6.07) is 19.2. The highest BCUT2D eigenvalue weighted by Gasteiger charge is 2.46. The minimum Gasteiger partial charge on any atom is -0.502 e. The van der Waals surface area contributed by atoms with E-state index in [1.807, 2.05) is 13.0 Å². The first kappa shape index (κ1) is 23.4. The molecule has 1 atom stereocenters. The molecule has 0 saturated carbocycles. The molecule has 0 radical (unpaired) electrons. The molecule has 0 aliphatic carbocycles. The largest absolute Gasteiger partial charge is 0.502 e. The number of rotatable bonds is 7. The predicted octanol–water partition coefficient (Wildman–Crippen LogP) is 4.34. The van der Waals surface area contributed by atoms with E-state index in [0.717, 1.165) is 11.1 Å². The number of aliphatic hydroxyl groups is 1. The van der Waals surface area contributed by atoms with Gasteiger partial charge in [0.15, 0.2) is 5.76 Å². The van der Waals surface area contributed by atoms with Gasteiger partial charge >= 0.3 is 0 Å². The smallest absolute Gasteiger partial charge is 0.290 e. The van der Waals surface area contributed by atoms with Gasteiger partial charge in [0.05, 0.1) is 25.2 Å². The van der Waals surface area contributed by atoms with Crippen molar-refractivity contribution in [1.29, 1.82) is 0 Å². The van der Waals surface area contributed by atoms with Crippen LogP contribution in [0.3, 0.4) is 0 Å². The van der Waals surface area contributed by atoms with Crippen LogP contribution in [-0.2, 0) is 21.2 Å². The molecule has 1 amide bonds. The number of nitrogens with zero attached hydrogens (tertiary/aromatic N) is 1. The van der Waals surface area contributed by atoms with E-state index in [0.29, 0.717) is 17.1 Å². The van der Waals surface area contributed by atoms with Crippen molar-refractivity contribution in [2.45, 2.75) is 24.4 Å². The summed E-state index contributed by atoms with van der Waals surface area (Å²) in [4.78, 5) is 14.2. The van der Waals surface area contributed by atoms with Crippen molar-refractivity contribution in [3.05, 3.63) is 100 Å². The summed E-state index contributed by atoms with van der Waals surface area (Å²) in [5.41, 5.74) is 2.16. The van der Waals surface area contributed by atoms with Gasteiger partial charge in [0, 0.05) is 6.54 Å². The highest BCUT2D eigenvalue weighted by atomic mass is 32.2. The number of aliphatic hydroxyl groups excluding tert-OH is 1. The normalized spacial score (nSPS) is 16.1. The molecule has 1 heterocycles. The van der Waals surface area contributed by atoms with Crippen LogP contribution < -0.4 is 9.47 Å². The second-order valence-electron chi connectivity index (χ2n) is 7.99. The molecule has 0 unspecified atom stereocenters. The zero-order valence-electron chi connectivity index (χ0n) is 19.1. The van der Waals surface area contributed by atoms with Gasteiger partial charge in [-0.05, 0) is 54.4 Å². The Morgan fingerprint density at radius 3 is 2.18 bits per heavy atom. The molecule has 0 spiro atoms. The molecule has 1 aliphatic heterocycles. The standard InChI is InChI=1S/C26H25NO6S/c1-17-7-13-22(14-8-17)34(30,31)25-23(19-9-11-20(32-2)12-10-19)27(26(29)24(25)28)16-18-5-4-6-21(15-18)33-3/h4-15,23,28H,16H2,1-3H3/t23-/m0/s1. The molecule has 0 aromatic heterocycles. The lowest BCUT2D eigenvalue weighted by Crippen LogP contribution is -2.30. The minimum atomic E-state index is -4.18.